The number of likely N-dealkylation sites (tertiary alicyclic amines) is 1. The molecule has 3 saturated heterocycles. The number of carbonyl (C=O) groups is 1. The van der Waals surface area contributed by atoms with Crippen LogP contribution < -0.4 is 14.5 Å². The van der Waals surface area contributed by atoms with Crippen molar-refractivity contribution in [2.24, 2.45) is 0 Å². The Morgan fingerprint density at radius 2 is 1.87 bits per heavy atom. The standard InChI is InChI=1S/C26H32ClN7O4S/c1-26(36)15-32(16-26)24-14-22(31-9-5-10-31)28-23-13-20(29-34(23)24)21-6-3-4-11-33(21)25(35)18-12-17(27)7-8-19(18)30-39(2,37)38/h7-8,12-14,21,30,36H,3-6,9-11,15-16H2,1-2H3. The summed E-state index contributed by atoms with van der Waals surface area (Å²) in [6.45, 7) is 5.24. The van der Waals surface area contributed by atoms with Gasteiger partial charge in [-0.05, 0) is 50.8 Å². The van der Waals surface area contributed by atoms with Crippen molar-refractivity contribution in [3.63, 3.8) is 0 Å². The van der Waals surface area contributed by atoms with Crippen molar-refractivity contribution < 1.29 is 18.3 Å². The summed E-state index contributed by atoms with van der Waals surface area (Å²) in [7, 11) is -3.60. The fourth-order valence-electron chi connectivity index (χ4n) is 5.62. The van der Waals surface area contributed by atoms with E-state index in [1.54, 1.807) is 15.5 Å². The Morgan fingerprint density at radius 1 is 1.10 bits per heavy atom. The van der Waals surface area contributed by atoms with Crippen LogP contribution in [0.25, 0.3) is 5.65 Å². The van der Waals surface area contributed by atoms with Crippen LogP contribution in [-0.2, 0) is 10.0 Å². The number of benzene rings is 1. The first-order chi connectivity index (χ1) is 18.5. The van der Waals surface area contributed by atoms with Crippen LogP contribution in [0.15, 0.2) is 30.3 Å². The van der Waals surface area contributed by atoms with Gasteiger partial charge in [-0.3, -0.25) is 9.52 Å². The first-order valence-corrected chi connectivity index (χ1v) is 15.5. The molecule has 208 valence electrons. The monoisotopic (exact) mass is 573 g/mol. The highest BCUT2D eigenvalue weighted by atomic mass is 35.5. The second kappa shape index (κ2) is 9.53. The van der Waals surface area contributed by atoms with Gasteiger partial charge in [0.2, 0.25) is 10.0 Å². The molecule has 3 aliphatic rings. The number of anilines is 3. The highest BCUT2D eigenvalue weighted by Gasteiger charge is 2.39. The zero-order chi connectivity index (χ0) is 27.5. The lowest BCUT2D eigenvalue weighted by Crippen LogP contribution is -2.60. The minimum absolute atomic E-state index is 0.194. The minimum atomic E-state index is -3.60. The first-order valence-electron chi connectivity index (χ1n) is 13.2. The van der Waals surface area contributed by atoms with Crippen LogP contribution in [-0.4, -0.2) is 83.5 Å². The van der Waals surface area contributed by atoms with Gasteiger partial charge in [0.25, 0.3) is 5.91 Å². The maximum Gasteiger partial charge on any atom is 0.256 e. The number of halogens is 1. The maximum absolute atomic E-state index is 13.9. The lowest BCUT2D eigenvalue weighted by atomic mass is 9.97. The molecule has 1 amide bonds. The highest BCUT2D eigenvalue weighted by molar-refractivity contribution is 7.92. The van der Waals surface area contributed by atoms with Gasteiger partial charge < -0.3 is 19.8 Å². The van der Waals surface area contributed by atoms with Gasteiger partial charge in [0.05, 0.1) is 34.8 Å². The molecule has 39 heavy (non-hydrogen) atoms. The summed E-state index contributed by atoms with van der Waals surface area (Å²) in [4.78, 5) is 24.8. The van der Waals surface area contributed by atoms with Gasteiger partial charge in [0, 0.05) is 49.9 Å². The van der Waals surface area contributed by atoms with Crippen LogP contribution in [0.4, 0.5) is 17.3 Å². The third kappa shape index (κ3) is 5.12. The van der Waals surface area contributed by atoms with Gasteiger partial charge in [0.1, 0.15) is 11.6 Å². The normalized spacial score (nSPS) is 21.0. The quantitative estimate of drug-likeness (QED) is 0.461. The van der Waals surface area contributed by atoms with Crippen LogP contribution in [0, 0.1) is 0 Å². The number of fused-ring (bicyclic) bond motifs is 1. The van der Waals surface area contributed by atoms with E-state index in [-0.39, 0.29) is 23.2 Å². The molecule has 5 heterocycles. The summed E-state index contributed by atoms with van der Waals surface area (Å²) in [5.74, 6) is 1.44. The predicted molar refractivity (Wildman–Crippen MR) is 150 cm³/mol. The fourth-order valence-corrected chi connectivity index (χ4v) is 6.37. The van der Waals surface area contributed by atoms with Crippen molar-refractivity contribution in [3.8, 4) is 0 Å². The molecule has 1 aromatic carbocycles. The molecule has 0 aliphatic carbocycles. The maximum atomic E-state index is 13.9. The van der Waals surface area contributed by atoms with Crippen LogP contribution in [0.2, 0.25) is 5.02 Å². The second-order valence-corrected chi connectivity index (χ2v) is 13.3. The Labute approximate surface area is 232 Å². The largest absolute Gasteiger partial charge is 0.386 e. The van der Waals surface area contributed by atoms with E-state index < -0.39 is 15.6 Å². The number of carbonyl (C=O) groups excluding carboxylic acids is 1. The van der Waals surface area contributed by atoms with E-state index in [4.69, 9.17) is 21.7 Å². The number of β-amino-alcohol motifs (C(OH)–C–C–N with tert-alkyl or cyclic N) is 1. The molecule has 0 radical (unpaired) electrons. The molecule has 3 aliphatic heterocycles. The fraction of sp³-hybridized carbons (Fsp3) is 0.500. The summed E-state index contributed by atoms with van der Waals surface area (Å²) in [5.41, 5.74) is 1.06. The molecule has 0 bridgehead atoms. The van der Waals surface area contributed by atoms with Crippen LogP contribution in [0.1, 0.15) is 54.7 Å². The SMILES string of the molecule is CC1(O)CN(c2cc(N3CCC3)nc3cc(C4CCCCN4C(=O)c4cc(Cl)ccc4NS(C)(=O)=O)nn23)C1. The predicted octanol–water partition coefficient (Wildman–Crippen LogP) is 2.90. The molecule has 1 unspecified atom stereocenters. The molecule has 2 aromatic heterocycles. The van der Waals surface area contributed by atoms with E-state index in [2.05, 4.69) is 14.5 Å². The third-order valence-electron chi connectivity index (χ3n) is 7.59. The van der Waals surface area contributed by atoms with E-state index >= 15 is 0 Å². The number of rotatable bonds is 6. The van der Waals surface area contributed by atoms with Crippen LogP contribution >= 0.6 is 11.6 Å². The molecule has 13 heteroatoms. The number of aromatic nitrogens is 3. The molecule has 1 atom stereocenters. The number of nitrogens with one attached hydrogen (secondary N) is 1. The Kier molecular flexibility index (Phi) is 6.39. The minimum Gasteiger partial charge on any atom is -0.386 e. The zero-order valence-electron chi connectivity index (χ0n) is 22.0. The topological polar surface area (TPSA) is 123 Å². The summed E-state index contributed by atoms with van der Waals surface area (Å²) in [5, 5.41) is 15.7. The Balaban J connectivity index is 1.38. The van der Waals surface area contributed by atoms with Crippen molar-refractivity contribution in [3.05, 3.63) is 46.6 Å². The van der Waals surface area contributed by atoms with Gasteiger partial charge >= 0.3 is 0 Å². The van der Waals surface area contributed by atoms with Gasteiger partial charge in [-0.1, -0.05) is 11.6 Å². The van der Waals surface area contributed by atoms with E-state index in [0.29, 0.717) is 30.3 Å². The number of hydrogen-bond donors (Lipinski definition) is 2. The summed E-state index contributed by atoms with van der Waals surface area (Å²) in [6, 6.07) is 8.22. The highest BCUT2D eigenvalue weighted by Crippen LogP contribution is 2.36. The molecular formula is C26H32ClN7O4S. The summed E-state index contributed by atoms with van der Waals surface area (Å²) in [6.07, 6.45) is 4.66. The molecule has 0 saturated carbocycles. The van der Waals surface area contributed by atoms with Gasteiger partial charge in [0.15, 0.2) is 5.65 Å². The molecular weight excluding hydrogens is 542 g/mol. The van der Waals surface area contributed by atoms with Gasteiger partial charge in [-0.2, -0.15) is 9.61 Å². The first kappa shape index (κ1) is 26.1. The third-order valence-corrected chi connectivity index (χ3v) is 8.42. The zero-order valence-corrected chi connectivity index (χ0v) is 23.5. The summed E-state index contributed by atoms with van der Waals surface area (Å²) >= 11 is 6.22. The number of nitrogens with zero attached hydrogens (tertiary/aromatic N) is 6. The molecule has 0 spiro atoms. The van der Waals surface area contributed by atoms with Crippen molar-refractivity contribution in [1.29, 1.82) is 0 Å². The Hall–Kier alpha value is -3.09. The van der Waals surface area contributed by atoms with Crippen molar-refractivity contribution in [2.45, 2.75) is 44.2 Å². The van der Waals surface area contributed by atoms with E-state index in [1.165, 1.54) is 12.1 Å². The molecule has 3 fully saturated rings. The van der Waals surface area contributed by atoms with E-state index in [9.17, 15) is 18.3 Å². The van der Waals surface area contributed by atoms with Crippen molar-refractivity contribution in [2.75, 3.05) is 53.5 Å². The summed E-state index contributed by atoms with van der Waals surface area (Å²) < 4.78 is 28.2. The molecule has 6 rings (SSSR count). The molecule has 2 N–H and O–H groups in total. The molecule has 3 aromatic rings. The lowest BCUT2D eigenvalue weighted by Gasteiger charge is -2.45. The van der Waals surface area contributed by atoms with Gasteiger partial charge in [-0.25, -0.2) is 13.4 Å². The number of amides is 1. The average molecular weight is 574 g/mol. The average Bonchev–Trinajstić information content (AvgIpc) is 3.25. The number of aliphatic hydroxyl groups is 1. The van der Waals surface area contributed by atoms with Crippen LogP contribution in [0.5, 0.6) is 0 Å². The second-order valence-electron chi connectivity index (χ2n) is 11.1. The van der Waals surface area contributed by atoms with E-state index in [0.717, 1.165) is 62.4 Å². The Morgan fingerprint density at radius 3 is 2.54 bits per heavy atom. The van der Waals surface area contributed by atoms with Crippen LogP contribution in [0.3, 0.4) is 0 Å². The van der Waals surface area contributed by atoms with E-state index in [1.807, 2.05) is 19.1 Å². The van der Waals surface area contributed by atoms with Gasteiger partial charge in [-0.15, -0.1) is 0 Å². The number of hydrogen-bond acceptors (Lipinski definition) is 8. The van der Waals surface area contributed by atoms with Crippen molar-refractivity contribution >= 4 is 50.5 Å². The molecule has 11 nitrogen and oxygen atoms in total. The number of piperidine rings is 1. The smallest absolute Gasteiger partial charge is 0.256 e. The lowest BCUT2D eigenvalue weighted by molar-refractivity contribution is 0.0302. The number of sulfonamides is 1. The Bertz CT molecular complexity index is 1550. The van der Waals surface area contributed by atoms with Crippen molar-refractivity contribution in [1.82, 2.24) is 19.5 Å².